The van der Waals surface area contributed by atoms with Crippen LogP contribution in [0.2, 0.25) is 0 Å². The molecule has 14 heteroatoms. The molecule has 5 atom stereocenters. The maximum atomic E-state index is 13.5. The third kappa shape index (κ3) is 7.40. The molecule has 0 N–H and O–H groups in total. The van der Waals surface area contributed by atoms with Crippen LogP contribution < -0.4 is 19.6 Å². The van der Waals surface area contributed by atoms with Crippen LogP contribution in [0.15, 0.2) is 51.9 Å². The van der Waals surface area contributed by atoms with E-state index in [9.17, 15) is 24.0 Å². The van der Waals surface area contributed by atoms with E-state index in [4.69, 9.17) is 42.3 Å². The Kier molecular flexibility index (Phi) is 9.75. The number of esters is 4. The lowest BCUT2D eigenvalue weighted by Crippen LogP contribution is -2.63. The van der Waals surface area contributed by atoms with Gasteiger partial charge in [-0.05, 0) is 29.8 Å². The molecule has 14 nitrogen and oxygen atoms in total. The summed E-state index contributed by atoms with van der Waals surface area (Å²) >= 11 is 0. The van der Waals surface area contributed by atoms with Crippen LogP contribution in [0.25, 0.3) is 22.1 Å². The van der Waals surface area contributed by atoms with E-state index in [1.54, 1.807) is 18.2 Å². The first-order valence-corrected chi connectivity index (χ1v) is 14.4. The van der Waals surface area contributed by atoms with Crippen molar-refractivity contribution in [3.05, 3.63) is 52.9 Å². The van der Waals surface area contributed by atoms with Crippen molar-refractivity contribution < 1.29 is 61.5 Å². The molecule has 2 aliphatic rings. The van der Waals surface area contributed by atoms with E-state index < -0.39 is 61.2 Å². The highest BCUT2D eigenvalue weighted by molar-refractivity contribution is 5.83. The predicted octanol–water partition coefficient (Wildman–Crippen LogP) is 3.08. The summed E-state index contributed by atoms with van der Waals surface area (Å²) in [6.07, 6.45) is -4.74. The van der Waals surface area contributed by atoms with Crippen molar-refractivity contribution >= 4 is 34.8 Å². The van der Waals surface area contributed by atoms with Gasteiger partial charge in [0, 0.05) is 40.2 Å². The molecule has 244 valence electrons. The first-order valence-electron chi connectivity index (χ1n) is 14.4. The van der Waals surface area contributed by atoms with Gasteiger partial charge in [-0.25, -0.2) is 0 Å². The lowest BCUT2D eigenvalue weighted by atomic mass is 9.98. The second kappa shape index (κ2) is 13.9. The predicted molar refractivity (Wildman–Crippen MR) is 156 cm³/mol. The third-order valence-corrected chi connectivity index (χ3v) is 7.01. The van der Waals surface area contributed by atoms with Crippen molar-refractivity contribution in [2.45, 2.75) is 64.8 Å². The summed E-state index contributed by atoms with van der Waals surface area (Å²) in [7, 11) is 0. The number of fused-ring (bicyclic) bond motifs is 2. The number of benzene rings is 2. The van der Waals surface area contributed by atoms with Gasteiger partial charge in [0.15, 0.2) is 29.1 Å². The quantitative estimate of drug-likeness (QED) is 0.260. The summed E-state index contributed by atoms with van der Waals surface area (Å²) in [5.74, 6) is -1.70. The van der Waals surface area contributed by atoms with Crippen LogP contribution in [0.4, 0.5) is 0 Å². The van der Waals surface area contributed by atoms with Crippen molar-refractivity contribution in [1.82, 2.24) is 0 Å². The molecule has 3 aromatic rings. The molecular formula is C32H32O14. The average molecular weight is 641 g/mol. The van der Waals surface area contributed by atoms with E-state index >= 15 is 0 Å². The minimum Gasteiger partial charge on any atom is -0.490 e. The molecule has 46 heavy (non-hydrogen) atoms. The molecule has 3 heterocycles. The Hall–Kier alpha value is -5.11. The second-order valence-electron chi connectivity index (χ2n) is 10.5. The Bertz CT molecular complexity index is 1690. The molecule has 2 aliphatic heterocycles. The number of hydrogen-bond acceptors (Lipinski definition) is 14. The summed E-state index contributed by atoms with van der Waals surface area (Å²) in [5, 5.41) is 0.249. The molecule has 1 fully saturated rings. The standard InChI is InChI=1S/C32H32O14/c1-16(33)40-15-27-29(42-17(2)34)30(43-18(3)35)31(44-19(4)36)32(46-27)45-21-7-8-22-25(13-21)41-14-23(28(22)37)20-6-9-24-26(12-20)39-11-5-10-38-24/h6-9,12-14,27,29-32H,5,10-11,15H2,1-4H3/t27-,29-,30+,31-,32-/m1/s1. The number of hydrogen-bond donors (Lipinski definition) is 0. The van der Waals surface area contributed by atoms with Gasteiger partial charge < -0.3 is 42.3 Å². The van der Waals surface area contributed by atoms with E-state index in [-0.39, 0.29) is 22.1 Å². The zero-order valence-electron chi connectivity index (χ0n) is 25.5. The van der Waals surface area contributed by atoms with E-state index in [1.807, 2.05) is 0 Å². The highest BCUT2D eigenvalue weighted by Crippen LogP contribution is 2.35. The summed E-state index contributed by atoms with van der Waals surface area (Å²) in [6.45, 7) is 5.16. The van der Waals surface area contributed by atoms with E-state index in [0.29, 0.717) is 35.8 Å². The summed E-state index contributed by atoms with van der Waals surface area (Å²) in [6, 6.07) is 9.61. The van der Waals surface area contributed by atoms with Gasteiger partial charge >= 0.3 is 23.9 Å². The molecule has 0 amide bonds. The number of ether oxygens (including phenoxy) is 8. The zero-order valence-corrected chi connectivity index (χ0v) is 25.5. The minimum absolute atomic E-state index is 0.125. The second-order valence-corrected chi connectivity index (χ2v) is 10.5. The van der Waals surface area contributed by atoms with E-state index in [2.05, 4.69) is 0 Å². The zero-order chi connectivity index (χ0) is 33.0. The van der Waals surface area contributed by atoms with Crippen LogP contribution in [0.1, 0.15) is 34.1 Å². The van der Waals surface area contributed by atoms with Gasteiger partial charge in [0.25, 0.3) is 0 Å². The maximum Gasteiger partial charge on any atom is 0.303 e. The van der Waals surface area contributed by atoms with Gasteiger partial charge in [-0.3, -0.25) is 24.0 Å². The number of carbonyl (C=O) groups excluding carboxylic acids is 4. The molecule has 0 bridgehead atoms. The normalized spacial score (nSPS) is 22.2. The topological polar surface area (TPSA) is 172 Å². The fourth-order valence-corrected chi connectivity index (χ4v) is 5.13. The van der Waals surface area contributed by atoms with Crippen LogP contribution in [-0.4, -0.2) is 74.4 Å². The van der Waals surface area contributed by atoms with Gasteiger partial charge in [-0.1, -0.05) is 6.07 Å². The molecule has 1 saturated heterocycles. The van der Waals surface area contributed by atoms with Crippen molar-refractivity contribution in [3.8, 4) is 28.4 Å². The molecule has 0 aliphatic carbocycles. The van der Waals surface area contributed by atoms with Gasteiger partial charge in [-0.2, -0.15) is 0 Å². The molecule has 0 unspecified atom stereocenters. The first-order chi connectivity index (χ1) is 22.0. The smallest absolute Gasteiger partial charge is 0.303 e. The molecule has 1 aromatic heterocycles. The fourth-order valence-electron chi connectivity index (χ4n) is 5.13. The lowest BCUT2D eigenvalue weighted by molar-refractivity contribution is -0.288. The Morgan fingerprint density at radius 1 is 0.783 bits per heavy atom. The SMILES string of the molecule is CC(=O)OC[C@H]1O[C@@H](Oc2ccc3c(=O)c(-c4ccc5c(c4)OCCCO5)coc3c2)[C@H](OC(C)=O)[C@@H](OC(C)=O)[C@@H]1OC(C)=O. The van der Waals surface area contributed by atoms with Crippen LogP contribution in [0.3, 0.4) is 0 Å². The molecule has 0 spiro atoms. The first kappa shape index (κ1) is 32.3. The summed E-state index contributed by atoms with van der Waals surface area (Å²) < 4.78 is 50.6. The van der Waals surface area contributed by atoms with E-state index in [0.717, 1.165) is 27.2 Å². The van der Waals surface area contributed by atoms with Crippen molar-refractivity contribution in [3.63, 3.8) is 0 Å². The van der Waals surface area contributed by atoms with Gasteiger partial charge in [-0.15, -0.1) is 0 Å². The Balaban J connectivity index is 1.46. The molecule has 0 radical (unpaired) electrons. The number of carbonyl (C=O) groups is 4. The van der Waals surface area contributed by atoms with Crippen LogP contribution in [-0.2, 0) is 42.9 Å². The fraction of sp³-hybridized carbons (Fsp3) is 0.406. The highest BCUT2D eigenvalue weighted by atomic mass is 16.7. The van der Waals surface area contributed by atoms with E-state index in [1.165, 1.54) is 31.4 Å². The van der Waals surface area contributed by atoms with Crippen LogP contribution >= 0.6 is 0 Å². The summed E-state index contributed by atoms with van der Waals surface area (Å²) in [5.41, 5.74) is 0.745. The lowest BCUT2D eigenvalue weighted by Gasteiger charge is -2.43. The highest BCUT2D eigenvalue weighted by Gasteiger charge is 2.53. The van der Waals surface area contributed by atoms with Gasteiger partial charge in [0.1, 0.15) is 30.3 Å². The van der Waals surface area contributed by atoms with Crippen LogP contribution in [0, 0.1) is 0 Å². The molecule has 2 aromatic carbocycles. The largest absolute Gasteiger partial charge is 0.490 e. The monoisotopic (exact) mass is 640 g/mol. The number of rotatable bonds is 8. The van der Waals surface area contributed by atoms with Crippen molar-refractivity contribution in [1.29, 1.82) is 0 Å². The summed E-state index contributed by atoms with van der Waals surface area (Å²) in [4.78, 5) is 61.2. The average Bonchev–Trinajstić information content (AvgIpc) is 3.24. The Morgan fingerprint density at radius 2 is 1.46 bits per heavy atom. The minimum atomic E-state index is -1.45. The Morgan fingerprint density at radius 3 is 2.15 bits per heavy atom. The van der Waals surface area contributed by atoms with Gasteiger partial charge in [0.2, 0.25) is 12.4 Å². The van der Waals surface area contributed by atoms with Crippen molar-refractivity contribution in [2.75, 3.05) is 19.8 Å². The maximum absolute atomic E-state index is 13.5. The third-order valence-electron chi connectivity index (χ3n) is 7.01. The molecule has 0 saturated carbocycles. The molecular weight excluding hydrogens is 608 g/mol. The van der Waals surface area contributed by atoms with Gasteiger partial charge in [0.05, 0.1) is 24.2 Å². The van der Waals surface area contributed by atoms with Crippen molar-refractivity contribution in [2.24, 2.45) is 0 Å². The van der Waals surface area contributed by atoms with Crippen LogP contribution in [0.5, 0.6) is 17.2 Å². The molecule has 5 rings (SSSR count). The Labute approximate surface area is 262 Å².